The first-order valence-electron chi connectivity index (χ1n) is 6.83. The molecule has 2 aromatic rings. The van der Waals surface area contributed by atoms with Crippen molar-refractivity contribution < 1.29 is 0 Å². The minimum atomic E-state index is 0.504. The lowest BCUT2D eigenvalue weighted by Gasteiger charge is -2.25. The molecule has 1 fully saturated rings. The van der Waals surface area contributed by atoms with E-state index in [1.165, 1.54) is 43.2 Å². The first-order chi connectivity index (χ1) is 8.79. The molecule has 0 saturated heterocycles. The Morgan fingerprint density at radius 3 is 2.78 bits per heavy atom. The molecule has 0 N–H and O–H groups in total. The first kappa shape index (κ1) is 12.0. The van der Waals surface area contributed by atoms with Crippen LogP contribution >= 0.6 is 11.6 Å². The Morgan fingerprint density at radius 2 is 2.06 bits per heavy atom. The third-order valence-corrected chi connectivity index (χ3v) is 4.22. The average molecular weight is 263 g/mol. The summed E-state index contributed by atoms with van der Waals surface area (Å²) in [6.45, 7) is 2.11. The molecule has 0 aliphatic heterocycles. The molecule has 1 aromatic carbocycles. The van der Waals surface area contributed by atoms with E-state index in [0.29, 0.717) is 11.9 Å². The zero-order valence-corrected chi connectivity index (χ0v) is 11.6. The van der Waals surface area contributed by atoms with Gasteiger partial charge in [0, 0.05) is 6.04 Å². The summed E-state index contributed by atoms with van der Waals surface area (Å²) in [6, 6.07) is 7.12. The number of nitrogens with zero attached hydrogens (tertiary/aromatic N) is 2. The molecule has 1 aliphatic rings. The molecule has 1 saturated carbocycles. The lowest BCUT2D eigenvalue weighted by molar-refractivity contribution is 0.354. The normalized spacial score (nSPS) is 17.4. The number of rotatable bonds is 2. The molecule has 0 amide bonds. The highest BCUT2D eigenvalue weighted by Crippen LogP contribution is 2.33. The highest BCUT2D eigenvalue weighted by atomic mass is 35.5. The molecule has 0 bridgehead atoms. The fraction of sp³-hybridized carbons (Fsp3) is 0.533. The van der Waals surface area contributed by atoms with Crippen molar-refractivity contribution in [1.82, 2.24) is 9.55 Å². The van der Waals surface area contributed by atoms with E-state index in [1.54, 1.807) is 0 Å². The Labute approximate surface area is 113 Å². The second-order valence-electron chi connectivity index (χ2n) is 5.32. The summed E-state index contributed by atoms with van der Waals surface area (Å²) >= 11 is 6.08. The molecular weight excluding hydrogens is 244 g/mol. The summed E-state index contributed by atoms with van der Waals surface area (Å²) in [4.78, 5) is 4.70. The molecule has 1 aliphatic carbocycles. The predicted molar refractivity (Wildman–Crippen MR) is 76.1 cm³/mol. The van der Waals surface area contributed by atoms with Crippen LogP contribution in [0.4, 0.5) is 0 Å². The van der Waals surface area contributed by atoms with Crippen molar-refractivity contribution in [2.75, 3.05) is 0 Å². The van der Waals surface area contributed by atoms with Crippen LogP contribution in [0.1, 0.15) is 49.5 Å². The molecular formula is C15H19ClN2. The molecule has 0 spiro atoms. The van der Waals surface area contributed by atoms with E-state index in [4.69, 9.17) is 16.6 Å². The number of aromatic nitrogens is 2. The van der Waals surface area contributed by atoms with Gasteiger partial charge in [0.05, 0.1) is 16.9 Å². The maximum Gasteiger partial charge on any atom is 0.125 e. The molecule has 2 nitrogen and oxygen atoms in total. The average Bonchev–Trinajstić information content (AvgIpc) is 2.77. The lowest BCUT2D eigenvalue weighted by Crippen LogP contribution is -2.14. The number of hydrogen-bond acceptors (Lipinski definition) is 1. The second-order valence-corrected chi connectivity index (χ2v) is 5.58. The van der Waals surface area contributed by atoms with Gasteiger partial charge in [0.25, 0.3) is 0 Å². The van der Waals surface area contributed by atoms with Crippen molar-refractivity contribution in [2.24, 2.45) is 0 Å². The van der Waals surface area contributed by atoms with E-state index in [9.17, 15) is 0 Å². The SMILES string of the molecule is Cc1ccc2c(c1)nc(CCl)n2C1CCCCC1. The van der Waals surface area contributed by atoms with Gasteiger partial charge in [-0.3, -0.25) is 0 Å². The fourth-order valence-electron chi connectivity index (χ4n) is 3.10. The zero-order chi connectivity index (χ0) is 12.5. The van der Waals surface area contributed by atoms with E-state index >= 15 is 0 Å². The molecule has 96 valence electrons. The summed E-state index contributed by atoms with van der Waals surface area (Å²) in [5.41, 5.74) is 3.61. The van der Waals surface area contributed by atoms with Gasteiger partial charge in [-0.25, -0.2) is 4.98 Å². The summed E-state index contributed by atoms with van der Waals surface area (Å²) in [7, 11) is 0. The Bertz CT molecular complexity index is 553. The van der Waals surface area contributed by atoms with Crippen LogP contribution in [-0.4, -0.2) is 9.55 Å². The van der Waals surface area contributed by atoms with Crippen LogP contribution in [0.15, 0.2) is 18.2 Å². The first-order valence-corrected chi connectivity index (χ1v) is 7.36. The number of alkyl halides is 1. The minimum absolute atomic E-state index is 0.504. The van der Waals surface area contributed by atoms with Crippen LogP contribution in [0.5, 0.6) is 0 Å². The van der Waals surface area contributed by atoms with Crippen LogP contribution in [0, 0.1) is 6.92 Å². The third-order valence-electron chi connectivity index (χ3n) is 3.98. The van der Waals surface area contributed by atoms with Gasteiger partial charge in [-0.2, -0.15) is 0 Å². The lowest BCUT2D eigenvalue weighted by atomic mass is 9.95. The van der Waals surface area contributed by atoms with Crippen molar-refractivity contribution in [3.63, 3.8) is 0 Å². The minimum Gasteiger partial charge on any atom is -0.324 e. The van der Waals surface area contributed by atoms with Crippen molar-refractivity contribution >= 4 is 22.6 Å². The Hall–Kier alpha value is -1.02. The monoisotopic (exact) mass is 262 g/mol. The van der Waals surface area contributed by atoms with Crippen LogP contribution < -0.4 is 0 Å². The Morgan fingerprint density at radius 1 is 1.28 bits per heavy atom. The van der Waals surface area contributed by atoms with Gasteiger partial charge >= 0.3 is 0 Å². The van der Waals surface area contributed by atoms with Gasteiger partial charge in [-0.05, 0) is 37.5 Å². The number of fused-ring (bicyclic) bond motifs is 1. The number of aryl methyl sites for hydroxylation is 1. The molecule has 0 unspecified atom stereocenters. The maximum absolute atomic E-state index is 6.08. The van der Waals surface area contributed by atoms with E-state index in [1.807, 2.05) is 0 Å². The molecule has 0 atom stereocenters. The van der Waals surface area contributed by atoms with Gasteiger partial charge in [-0.15, -0.1) is 11.6 Å². The number of imidazole rings is 1. The fourth-order valence-corrected chi connectivity index (χ4v) is 3.29. The molecule has 1 heterocycles. The van der Waals surface area contributed by atoms with Crippen LogP contribution in [-0.2, 0) is 5.88 Å². The van der Waals surface area contributed by atoms with Gasteiger partial charge in [0.1, 0.15) is 5.82 Å². The van der Waals surface area contributed by atoms with E-state index in [-0.39, 0.29) is 0 Å². The van der Waals surface area contributed by atoms with E-state index < -0.39 is 0 Å². The molecule has 3 rings (SSSR count). The third kappa shape index (κ3) is 2.03. The van der Waals surface area contributed by atoms with Gasteiger partial charge in [0.15, 0.2) is 0 Å². The number of halogens is 1. The van der Waals surface area contributed by atoms with E-state index in [2.05, 4.69) is 29.7 Å². The number of benzene rings is 1. The molecule has 18 heavy (non-hydrogen) atoms. The van der Waals surface area contributed by atoms with Crippen molar-refractivity contribution in [3.05, 3.63) is 29.6 Å². The van der Waals surface area contributed by atoms with Crippen LogP contribution in [0.3, 0.4) is 0 Å². The predicted octanol–water partition coefficient (Wildman–Crippen LogP) is 4.59. The summed E-state index contributed by atoms with van der Waals surface area (Å²) < 4.78 is 2.39. The Balaban J connectivity index is 2.12. The zero-order valence-electron chi connectivity index (χ0n) is 10.8. The van der Waals surface area contributed by atoms with E-state index in [0.717, 1.165) is 11.3 Å². The Kier molecular flexibility index (Phi) is 3.29. The summed E-state index contributed by atoms with van der Waals surface area (Å²) in [6.07, 6.45) is 6.57. The highest BCUT2D eigenvalue weighted by molar-refractivity contribution is 6.16. The second kappa shape index (κ2) is 4.93. The standard InChI is InChI=1S/C15H19ClN2/c1-11-7-8-14-13(9-11)17-15(10-16)18(14)12-5-3-2-4-6-12/h7-9,12H,2-6,10H2,1H3. The summed E-state index contributed by atoms with van der Waals surface area (Å²) in [5.74, 6) is 1.54. The quantitative estimate of drug-likeness (QED) is 0.724. The summed E-state index contributed by atoms with van der Waals surface area (Å²) in [5, 5.41) is 0. The van der Waals surface area contributed by atoms with Crippen molar-refractivity contribution in [2.45, 2.75) is 50.9 Å². The topological polar surface area (TPSA) is 17.8 Å². The highest BCUT2D eigenvalue weighted by Gasteiger charge is 2.20. The van der Waals surface area contributed by atoms with Gasteiger partial charge in [0.2, 0.25) is 0 Å². The molecule has 0 radical (unpaired) electrons. The van der Waals surface area contributed by atoms with Gasteiger partial charge in [-0.1, -0.05) is 25.3 Å². The molecule has 1 aromatic heterocycles. The van der Waals surface area contributed by atoms with Crippen molar-refractivity contribution in [1.29, 1.82) is 0 Å². The smallest absolute Gasteiger partial charge is 0.125 e. The van der Waals surface area contributed by atoms with Crippen LogP contribution in [0.25, 0.3) is 11.0 Å². The van der Waals surface area contributed by atoms with Crippen molar-refractivity contribution in [3.8, 4) is 0 Å². The largest absolute Gasteiger partial charge is 0.324 e. The molecule has 3 heteroatoms. The van der Waals surface area contributed by atoms with Crippen LogP contribution in [0.2, 0.25) is 0 Å². The van der Waals surface area contributed by atoms with Gasteiger partial charge < -0.3 is 4.57 Å². The number of hydrogen-bond donors (Lipinski definition) is 0. The maximum atomic E-state index is 6.08.